The van der Waals surface area contributed by atoms with Crippen molar-refractivity contribution >= 4 is 5.69 Å². The highest BCUT2D eigenvalue weighted by molar-refractivity contribution is 5.56. The highest BCUT2D eigenvalue weighted by Crippen LogP contribution is 2.30. The third kappa shape index (κ3) is 2.91. The molecule has 1 aliphatic rings. The summed E-state index contributed by atoms with van der Waals surface area (Å²) in [6.45, 7) is 0.771. The maximum Gasteiger partial charge on any atom is 0.141 e. The summed E-state index contributed by atoms with van der Waals surface area (Å²) in [5, 5.41) is 3.60. The van der Waals surface area contributed by atoms with Crippen molar-refractivity contribution in [2.45, 2.75) is 31.7 Å². The van der Waals surface area contributed by atoms with Gasteiger partial charge in [0.05, 0.1) is 12.8 Å². The molecule has 0 bridgehead atoms. The van der Waals surface area contributed by atoms with E-state index in [1.54, 1.807) is 7.11 Å². The van der Waals surface area contributed by atoms with Crippen LogP contribution in [0.3, 0.4) is 0 Å². The molecule has 0 aliphatic heterocycles. The molecule has 0 amide bonds. The van der Waals surface area contributed by atoms with Gasteiger partial charge < -0.3 is 15.8 Å². The maximum atomic E-state index is 5.85. The van der Waals surface area contributed by atoms with Gasteiger partial charge in [-0.25, -0.2) is 0 Å². The molecule has 0 heterocycles. The van der Waals surface area contributed by atoms with Gasteiger partial charge in [0.15, 0.2) is 0 Å². The van der Waals surface area contributed by atoms with Crippen LogP contribution < -0.4 is 15.8 Å². The fourth-order valence-electron chi connectivity index (χ4n) is 2.64. The molecule has 3 N–H and O–H groups in total. The van der Waals surface area contributed by atoms with E-state index in [0.717, 1.165) is 18.0 Å². The quantitative estimate of drug-likeness (QED) is 0.842. The number of nitrogens with two attached hydrogens (primary N) is 1. The van der Waals surface area contributed by atoms with Gasteiger partial charge in [0.25, 0.3) is 0 Å². The van der Waals surface area contributed by atoms with E-state index in [1.807, 2.05) is 18.2 Å². The van der Waals surface area contributed by atoms with Crippen molar-refractivity contribution in [2.75, 3.05) is 19.0 Å². The van der Waals surface area contributed by atoms with Gasteiger partial charge in [0, 0.05) is 6.04 Å². The fraction of sp³-hybridized carbons (Fsp3) is 0.571. The molecule has 0 radical (unpaired) electrons. The second-order valence-electron chi connectivity index (χ2n) is 4.73. The van der Waals surface area contributed by atoms with Gasteiger partial charge in [-0.1, -0.05) is 25.0 Å². The number of benzene rings is 1. The molecule has 1 aliphatic carbocycles. The van der Waals surface area contributed by atoms with Gasteiger partial charge in [-0.2, -0.15) is 0 Å². The lowest BCUT2D eigenvalue weighted by Crippen LogP contribution is -2.36. The lowest BCUT2D eigenvalue weighted by molar-refractivity contribution is 0.331. The first-order chi connectivity index (χ1) is 8.35. The maximum absolute atomic E-state index is 5.85. The third-order valence-electron chi connectivity index (χ3n) is 3.66. The zero-order valence-corrected chi connectivity index (χ0v) is 10.5. The fourth-order valence-corrected chi connectivity index (χ4v) is 2.64. The summed E-state index contributed by atoms with van der Waals surface area (Å²) in [4.78, 5) is 0. The van der Waals surface area contributed by atoms with E-state index < -0.39 is 0 Å². The minimum atomic E-state index is 0.491. The molecular formula is C14H22N2O. The zero-order chi connectivity index (χ0) is 12.1. The first-order valence-electron chi connectivity index (χ1n) is 6.44. The second kappa shape index (κ2) is 5.92. The van der Waals surface area contributed by atoms with Gasteiger partial charge >= 0.3 is 0 Å². The van der Waals surface area contributed by atoms with E-state index in [4.69, 9.17) is 10.5 Å². The Bertz CT molecular complexity index is 354. The lowest BCUT2D eigenvalue weighted by Gasteiger charge is -2.32. The highest BCUT2D eigenvalue weighted by Gasteiger charge is 2.24. The number of ether oxygens (including phenoxy) is 1. The molecule has 3 heteroatoms. The van der Waals surface area contributed by atoms with Crippen molar-refractivity contribution in [1.29, 1.82) is 0 Å². The highest BCUT2D eigenvalue weighted by atomic mass is 16.5. The van der Waals surface area contributed by atoms with Crippen LogP contribution in [0.15, 0.2) is 24.3 Å². The summed E-state index contributed by atoms with van der Waals surface area (Å²) >= 11 is 0. The first-order valence-corrected chi connectivity index (χ1v) is 6.44. The minimum absolute atomic E-state index is 0.491. The molecule has 1 aromatic rings. The van der Waals surface area contributed by atoms with Crippen LogP contribution in [0, 0.1) is 5.92 Å². The Balaban J connectivity index is 2.08. The predicted molar refractivity (Wildman–Crippen MR) is 71.4 cm³/mol. The molecule has 2 unspecified atom stereocenters. The van der Waals surface area contributed by atoms with Crippen molar-refractivity contribution in [3.05, 3.63) is 24.3 Å². The van der Waals surface area contributed by atoms with Crippen LogP contribution in [0.5, 0.6) is 5.75 Å². The van der Waals surface area contributed by atoms with Crippen molar-refractivity contribution in [2.24, 2.45) is 11.7 Å². The molecule has 2 rings (SSSR count). The topological polar surface area (TPSA) is 47.3 Å². The van der Waals surface area contributed by atoms with Crippen LogP contribution in [0.1, 0.15) is 25.7 Å². The average Bonchev–Trinajstić information content (AvgIpc) is 2.40. The van der Waals surface area contributed by atoms with Gasteiger partial charge in [-0.15, -0.1) is 0 Å². The number of hydrogen-bond acceptors (Lipinski definition) is 3. The normalized spacial score (nSPS) is 24.4. The number of nitrogens with one attached hydrogen (secondary N) is 1. The number of methoxy groups -OCH3 is 1. The lowest BCUT2D eigenvalue weighted by atomic mass is 9.84. The third-order valence-corrected chi connectivity index (χ3v) is 3.66. The number of hydrogen-bond donors (Lipinski definition) is 2. The van der Waals surface area contributed by atoms with Gasteiger partial charge in [-0.3, -0.25) is 0 Å². The Morgan fingerprint density at radius 3 is 2.82 bits per heavy atom. The van der Waals surface area contributed by atoms with E-state index in [0.29, 0.717) is 12.0 Å². The van der Waals surface area contributed by atoms with Crippen LogP contribution in [0.4, 0.5) is 5.69 Å². The molecule has 17 heavy (non-hydrogen) atoms. The number of anilines is 1. The monoisotopic (exact) mass is 234 g/mol. The Morgan fingerprint density at radius 2 is 2.06 bits per heavy atom. The smallest absolute Gasteiger partial charge is 0.141 e. The Morgan fingerprint density at radius 1 is 1.29 bits per heavy atom. The van der Waals surface area contributed by atoms with Crippen LogP contribution in [-0.2, 0) is 0 Å². The van der Waals surface area contributed by atoms with Gasteiger partial charge in [0.1, 0.15) is 5.75 Å². The average molecular weight is 234 g/mol. The van der Waals surface area contributed by atoms with Crippen molar-refractivity contribution < 1.29 is 4.74 Å². The van der Waals surface area contributed by atoms with E-state index in [-0.39, 0.29) is 0 Å². The molecule has 94 valence electrons. The summed E-state index contributed by atoms with van der Waals surface area (Å²) in [7, 11) is 1.71. The van der Waals surface area contributed by atoms with Crippen molar-refractivity contribution in [3.63, 3.8) is 0 Å². The van der Waals surface area contributed by atoms with Crippen molar-refractivity contribution in [1.82, 2.24) is 0 Å². The SMILES string of the molecule is COc1ccccc1NC1CCCCC1CN. The molecule has 0 spiro atoms. The molecule has 2 atom stereocenters. The molecule has 1 aromatic carbocycles. The first kappa shape index (κ1) is 12.2. The standard InChI is InChI=1S/C14H22N2O/c1-17-14-9-5-4-8-13(14)16-12-7-3-2-6-11(12)10-15/h4-5,8-9,11-12,16H,2-3,6-7,10,15H2,1H3. The van der Waals surface area contributed by atoms with E-state index in [9.17, 15) is 0 Å². The van der Waals surface area contributed by atoms with Crippen LogP contribution in [0.2, 0.25) is 0 Å². The molecule has 3 nitrogen and oxygen atoms in total. The summed E-state index contributed by atoms with van der Waals surface area (Å²) in [6.07, 6.45) is 5.05. The molecule has 0 aromatic heterocycles. The summed E-state index contributed by atoms with van der Waals surface area (Å²) in [6, 6.07) is 8.57. The van der Waals surface area contributed by atoms with E-state index in [1.165, 1.54) is 25.7 Å². The van der Waals surface area contributed by atoms with Crippen LogP contribution >= 0.6 is 0 Å². The van der Waals surface area contributed by atoms with Crippen molar-refractivity contribution in [3.8, 4) is 5.75 Å². The minimum Gasteiger partial charge on any atom is -0.495 e. The molecule has 1 saturated carbocycles. The summed E-state index contributed by atoms with van der Waals surface area (Å²) in [5.41, 5.74) is 6.93. The number of para-hydroxylation sites is 2. The van der Waals surface area contributed by atoms with E-state index in [2.05, 4.69) is 11.4 Å². The van der Waals surface area contributed by atoms with E-state index >= 15 is 0 Å². The Labute approximate surface area is 103 Å². The largest absolute Gasteiger partial charge is 0.495 e. The summed E-state index contributed by atoms with van der Waals surface area (Å²) < 4.78 is 5.36. The zero-order valence-electron chi connectivity index (χ0n) is 10.5. The predicted octanol–water partition coefficient (Wildman–Crippen LogP) is 2.62. The second-order valence-corrected chi connectivity index (χ2v) is 4.73. The Kier molecular flexibility index (Phi) is 4.26. The molecular weight excluding hydrogens is 212 g/mol. The molecule has 1 fully saturated rings. The Hall–Kier alpha value is -1.22. The van der Waals surface area contributed by atoms with Crippen LogP contribution in [0.25, 0.3) is 0 Å². The molecule has 0 saturated heterocycles. The summed E-state index contributed by atoms with van der Waals surface area (Å²) in [5.74, 6) is 1.50. The van der Waals surface area contributed by atoms with Crippen LogP contribution in [-0.4, -0.2) is 19.7 Å². The number of rotatable bonds is 4. The van der Waals surface area contributed by atoms with Gasteiger partial charge in [-0.05, 0) is 37.4 Å². The van der Waals surface area contributed by atoms with Gasteiger partial charge in [0.2, 0.25) is 0 Å².